The second-order valence-corrected chi connectivity index (χ2v) is 3.97. The first-order valence-electron chi connectivity index (χ1n) is 6.74. The van der Waals surface area contributed by atoms with Gasteiger partial charge in [-0.1, -0.05) is 0 Å². The zero-order valence-corrected chi connectivity index (χ0v) is 11.7. The minimum absolute atomic E-state index is 0.0443. The molecule has 114 valence electrons. The largest absolute Gasteiger partial charge is 0.394 e. The molecule has 0 aliphatic rings. The molecule has 0 spiro atoms. The maximum absolute atomic E-state index is 8.48. The monoisotopic (exact) mass is 285 g/mol. The molecule has 0 saturated carbocycles. The number of ether oxygens (including phenoxy) is 4. The summed E-state index contributed by atoms with van der Waals surface area (Å²) in [7, 11) is 0. The van der Waals surface area contributed by atoms with Gasteiger partial charge in [0.25, 0.3) is 0 Å². The van der Waals surface area contributed by atoms with Gasteiger partial charge in [0.05, 0.1) is 59.5 Å². The van der Waals surface area contributed by atoms with E-state index in [0.717, 1.165) is 5.56 Å². The van der Waals surface area contributed by atoms with E-state index in [9.17, 15) is 0 Å². The van der Waals surface area contributed by atoms with Gasteiger partial charge in [-0.2, -0.15) is 0 Å². The molecule has 0 radical (unpaired) electrons. The highest BCUT2D eigenvalue weighted by atomic mass is 16.6. The van der Waals surface area contributed by atoms with Gasteiger partial charge in [0.2, 0.25) is 0 Å². The van der Waals surface area contributed by atoms with Crippen LogP contribution in [0.15, 0.2) is 24.5 Å². The summed E-state index contributed by atoms with van der Waals surface area (Å²) in [6.07, 6.45) is 3.49. The lowest BCUT2D eigenvalue weighted by Crippen LogP contribution is -2.12. The number of aliphatic hydroxyl groups excluding tert-OH is 1. The first-order valence-corrected chi connectivity index (χ1v) is 6.74. The van der Waals surface area contributed by atoms with Gasteiger partial charge in [-0.25, -0.2) is 0 Å². The number of pyridine rings is 1. The van der Waals surface area contributed by atoms with Crippen molar-refractivity contribution in [1.82, 2.24) is 4.98 Å². The highest BCUT2D eigenvalue weighted by Crippen LogP contribution is 1.98. The Morgan fingerprint density at radius 2 is 1.25 bits per heavy atom. The quantitative estimate of drug-likeness (QED) is 0.536. The van der Waals surface area contributed by atoms with Crippen LogP contribution < -0.4 is 0 Å². The van der Waals surface area contributed by atoms with Crippen molar-refractivity contribution in [1.29, 1.82) is 0 Å². The first kappa shape index (κ1) is 17.0. The summed E-state index contributed by atoms with van der Waals surface area (Å²) in [6, 6.07) is 3.85. The fraction of sp³-hybridized carbons (Fsp3) is 0.643. The molecule has 1 heterocycles. The predicted octanol–water partition coefficient (Wildman–Crippen LogP) is 0.640. The fourth-order valence-corrected chi connectivity index (χ4v) is 1.39. The second kappa shape index (κ2) is 13.0. The predicted molar refractivity (Wildman–Crippen MR) is 73.4 cm³/mol. The Labute approximate surface area is 119 Å². The Balaban J connectivity index is 1.77. The van der Waals surface area contributed by atoms with Crippen LogP contribution in [0.2, 0.25) is 0 Å². The van der Waals surface area contributed by atoms with Crippen molar-refractivity contribution in [3.05, 3.63) is 30.1 Å². The van der Waals surface area contributed by atoms with E-state index in [1.165, 1.54) is 0 Å². The number of rotatable bonds is 13. The van der Waals surface area contributed by atoms with Gasteiger partial charge in [-0.3, -0.25) is 4.98 Å². The van der Waals surface area contributed by atoms with Crippen LogP contribution in [0.5, 0.6) is 0 Å². The Morgan fingerprint density at radius 1 is 0.750 bits per heavy atom. The van der Waals surface area contributed by atoms with Crippen molar-refractivity contribution in [2.24, 2.45) is 0 Å². The third-order valence-corrected chi connectivity index (χ3v) is 2.37. The van der Waals surface area contributed by atoms with Crippen LogP contribution in [0.3, 0.4) is 0 Å². The Kier molecular flexibility index (Phi) is 11.0. The van der Waals surface area contributed by atoms with E-state index in [0.29, 0.717) is 52.9 Å². The van der Waals surface area contributed by atoms with Gasteiger partial charge < -0.3 is 24.1 Å². The number of aliphatic hydroxyl groups is 1. The normalized spacial score (nSPS) is 10.8. The summed E-state index contributed by atoms with van der Waals surface area (Å²) in [6.45, 7) is 4.17. The van der Waals surface area contributed by atoms with E-state index in [-0.39, 0.29) is 6.61 Å². The summed E-state index contributed by atoms with van der Waals surface area (Å²) in [5.41, 5.74) is 1.10. The van der Waals surface area contributed by atoms with E-state index in [1.54, 1.807) is 12.4 Å². The van der Waals surface area contributed by atoms with Crippen LogP contribution >= 0.6 is 0 Å². The average molecular weight is 285 g/mol. The fourth-order valence-electron chi connectivity index (χ4n) is 1.39. The summed E-state index contributed by atoms with van der Waals surface area (Å²) in [5, 5.41) is 8.48. The van der Waals surface area contributed by atoms with Gasteiger partial charge in [-0.05, 0) is 17.7 Å². The maximum Gasteiger partial charge on any atom is 0.0719 e. The molecule has 1 N–H and O–H groups in total. The number of hydrogen-bond donors (Lipinski definition) is 1. The standard InChI is InChI=1S/C14H23NO5/c16-5-6-17-7-8-18-9-10-19-11-12-20-13-14-1-3-15-4-2-14/h1-4,16H,5-13H2. The van der Waals surface area contributed by atoms with Crippen LogP contribution in [-0.2, 0) is 25.6 Å². The smallest absolute Gasteiger partial charge is 0.0719 e. The molecule has 0 aliphatic heterocycles. The van der Waals surface area contributed by atoms with Crippen molar-refractivity contribution in [2.45, 2.75) is 6.61 Å². The van der Waals surface area contributed by atoms with Gasteiger partial charge in [-0.15, -0.1) is 0 Å². The summed E-state index contributed by atoms with van der Waals surface area (Å²) >= 11 is 0. The molecule has 0 aromatic carbocycles. The van der Waals surface area contributed by atoms with Crippen LogP contribution in [0.25, 0.3) is 0 Å². The van der Waals surface area contributed by atoms with Crippen LogP contribution in [0.1, 0.15) is 5.56 Å². The van der Waals surface area contributed by atoms with Crippen molar-refractivity contribution in [3.63, 3.8) is 0 Å². The molecule has 0 aliphatic carbocycles. The zero-order chi connectivity index (χ0) is 14.3. The third-order valence-electron chi connectivity index (χ3n) is 2.37. The lowest BCUT2D eigenvalue weighted by molar-refractivity contribution is -0.00743. The van der Waals surface area contributed by atoms with Crippen LogP contribution in [0.4, 0.5) is 0 Å². The maximum atomic E-state index is 8.48. The number of nitrogens with zero attached hydrogens (tertiary/aromatic N) is 1. The van der Waals surface area contributed by atoms with Crippen molar-refractivity contribution in [2.75, 3.05) is 52.9 Å². The van der Waals surface area contributed by atoms with Crippen LogP contribution in [-0.4, -0.2) is 62.9 Å². The van der Waals surface area contributed by atoms with Gasteiger partial charge in [0.1, 0.15) is 0 Å². The van der Waals surface area contributed by atoms with Gasteiger partial charge in [0, 0.05) is 12.4 Å². The Bertz CT molecular complexity index is 310. The molecule has 0 fully saturated rings. The molecule has 6 nitrogen and oxygen atoms in total. The minimum Gasteiger partial charge on any atom is -0.394 e. The molecule has 1 aromatic heterocycles. The minimum atomic E-state index is 0.0443. The summed E-state index contributed by atoms with van der Waals surface area (Å²) < 4.78 is 21.1. The lowest BCUT2D eigenvalue weighted by atomic mass is 10.3. The number of aromatic nitrogens is 1. The molecule has 0 saturated heterocycles. The molecule has 20 heavy (non-hydrogen) atoms. The molecular weight excluding hydrogens is 262 g/mol. The average Bonchev–Trinajstić information content (AvgIpc) is 2.49. The molecule has 0 amide bonds. The highest BCUT2D eigenvalue weighted by molar-refractivity contribution is 5.07. The molecular formula is C14H23NO5. The highest BCUT2D eigenvalue weighted by Gasteiger charge is 1.94. The summed E-state index contributed by atoms with van der Waals surface area (Å²) in [5.74, 6) is 0. The molecule has 0 unspecified atom stereocenters. The first-order chi connectivity index (χ1) is 9.93. The molecule has 1 rings (SSSR count). The molecule has 0 bridgehead atoms. The van der Waals surface area contributed by atoms with E-state index < -0.39 is 0 Å². The van der Waals surface area contributed by atoms with Crippen molar-refractivity contribution >= 4 is 0 Å². The summed E-state index contributed by atoms with van der Waals surface area (Å²) in [4.78, 5) is 3.94. The van der Waals surface area contributed by atoms with Gasteiger partial charge in [0.15, 0.2) is 0 Å². The Hall–Kier alpha value is -1.05. The molecule has 1 aromatic rings. The molecule has 0 atom stereocenters. The van der Waals surface area contributed by atoms with E-state index >= 15 is 0 Å². The van der Waals surface area contributed by atoms with E-state index in [1.807, 2.05) is 12.1 Å². The van der Waals surface area contributed by atoms with E-state index in [2.05, 4.69) is 4.98 Å². The molecule has 6 heteroatoms. The van der Waals surface area contributed by atoms with Crippen molar-refractivity contribution < 1.29 is 24.1 Å². The topological polar surface area (TPSA) is 70.0 Å². The SMILES string of the molecule is OCCOCCOCCOCCOCc1ccncc1. The Morgan fingerprint density at radius 3 is 1.80 bits per heavy atom. The zero-order valence-electron chi connectivity index (χ0n) is 11.7. The van der Waals surface area contributed by atoms with E-state index in [4.69, 9.17) is 24.1 Å². The van der Waals surface area contributed by atoms with Gasteiger partial charge >= 0.3 is 0 Å². The van der Waals surface area contributed by atoms with Crippen molar-refractivity contribution in [3.8, 4) is 0 Å². The third kappa shape index (κ3) is 9.82. The lowest BCUT2D eigenvalue weighted by Gasteiger charge is -2.07. The van der Waals surface area contributed by atoms with Crippen LogP contribution in [0, 0.1) is 0 Å². The number of hydrogen-bond acceptors (Lipinski definition) is 6. The second-order valence-electron chi connectivity index (χ2n) is 3.97.